The molecule has 0 saturated heterocycles. The van der Waals surface area contributed by atoms with E-state index in [1.165, 1.54) is 0 Å². The molecule has 0 radical (unpaired) electrons. The predicted octanol–water partition coefficient (Wildman–Crippen LogP) is 2.09. The number of amides is 1. The Hall–Kier alpha value is -1.36. The van der Waals surface area contributed by atoms with Crippen LogP contribution in [-0.2, 0) is 15.7 Å². The number of rotatable bonds is 3. The minimum Gasteiger partial charge on any atom is -0.311 e. The minimum absolute atomic E-state index is 0.0427. The van der Waals surface area contributed by atoms with E-state index in [-0.39, 0.29) is 16.9 Å². The van der Waals surface area contributed by atoms with Crippen LogP contribution in [0.4, 0.5) is 5.82 Å². The fourth-order valence-electron chi connectivity index (χ4n) is 1.70. The van der Waals surface area contributed by atoms with Gasteiger partial charge in [-0.2, -0.15) is 5.10 Å². The van der Waals surface area contributed by atoms with Crippen molar-refractivity contribution >= 4 is 11.7 Å². The minimum atomic E-state index is -0.175. The Kier molecular flexibility index (Phi) is 4.40. The number of anilines is 1. The molecule has 0 bridgehead atoms. The first-order chi connectivity index (χ1) is 8.55. The van der Waals surface area contributed by atoms with Crippen molar-refractivity contribution < 1.29 is 4.79 Å². The van der Waals surface area contributed by atoms with Crippen molar-refractivity contribution in [1.82, 2.24) is 15.1 Å². The topological polar surface area (TPSA) is 59.0 Å². The maximum absolute atomic E-state index is 11.7. The second-order valence-electron chi connectivity index (χ2n) is 6.83. The summed E-state index contributed by atoms with van der Waals surface area (Å²) >= 11 is 0. The average molecular weight is 266 g/mol. The van der Waals surface area contributed by atoms with Gasteiger partial charge < -0.3 is 10.6 Å². The van der Waals surface area contributed by atoms with Crippen molar-refractivity contribution in [1.29, 1.82) is 0 Å². The number of hydrogen-bond donors (Lipinski definition) is 2. The van der Waals surface area contributed by atoms with Gasteiger partial charge in [-0.3, -0.25) is 4.79 Å². The summed E-state index contributed by atoms with van der Waals surface area (Å²) < 4.78 is 1.88. The molecular weight excluding hydrogens is 240 g/mol. The van der Waals surface area contributed by atoms with Crippen LogP contribution in [0.15, 0.2) is 6.07 Å². The number of likely N-dealkylation sites (N-methyl/N-ethyl adjacent to an activating group) is 1. The van der Waals surface area contributed by atoms with Gasteiger partial charge in [-0.05, 0) is 27.8 Å². The molecule has 0 aliphatic rings. The largest absolute Gasteiger partial charge is 0.311 e. The van der Waals surface area contributed by atoms with Gasteiger partial charge in [0.2, 0.25) is 5.91 Å². The quantitative estimate of drug-likeness (QED) is 0.880. The van der Waals surface area contributed by atoms with Crippen LogP contribution in [0.25, 0.3) is 0 Å². The predicted molar refractivity (Wildman–Crippen MR) is 78.5 cm³/mol. The molecule has 0 aliphatic heterocycles. The molecular formula is C14H26N4O. The number of carbonyl (C=O) groups excluding carboxylic acids is 1. The smallest absolute Gasteiger partial charge is 0.239 e. The van der Waals surface area contributed by atoms with E-state index in [9.17, 15) is 4.79 Å². The van der Waals surface area contributed by atoms with Crippen molar-refractivity contribution in [2.45, 2.75) is 52.5 Å². The third-order valence-electron chi connectivity index (χ3n) is 2.72. The molecule has 19 heavy (non-hydrogen) atoms. The van der Waals surface area contributed by atoms with Gasteiger partial charge in [0.25, 0.3) is 0 Å². The Morgan fingerprint density at radius 1 is 1.26 bits per heavy atom. The van der Waals surface area contributed by atoms with E-state index >= 15 is 0 Å². The van der Waals surface area contributed by atoms with Gasteiger partial charge in [-0.25, -0.2) is 4.68 Å². The lowest BCUT2D eigenvalue weighted by molar-refractivity contribution is -0.115. The summed E-state index contributed by atoms with van der Waals surface area (Å²) in [7, 11) is 1.75. The second kappa shape index (κ2) is 5.33. The summed E-state index contributed by atoms with van der Waals surface area (Å²) in [6, 6.07) is 1.96. The summed E-state index contributed by atoms with van der Waals surface area (Å²) in [4.78, 5) is 11.7. The number of nitrogens with one attached hydrogen (secondary N) is 2. The Morgan fingerprint density at radius 2 is 1.84 bits per heavy atom. The lowest BCUT2D eigenvalue weighted by atomic mass is 9.92. The summed E-state index contributed by atoms with van der Waals surface area (Å²) in [5.41, 5.74) is 0.757. The van der Waals surface area contributed by atoms with Crippen LogP contribution < -0.4 is 10.6 Å². The maximum Gasteiger partial charge on any atom is 0.239 e. The third-order valence-corrected chi connectivity index (χ3v) is 2.72. The SMILES string of the molecule is CNCC(=O)Nc1cc(C(C)(C)C)nn1C(C)(C)C. The van der Waals surface area contributed by atoms with Crippen molar-refractivity contribution in [2.24, 2.45) is 0 Å². The normalized spacial score (nSPS) is 12.6. The first kappa shape index (κ1) is 15.7. The van der Waals surface area contributed by atoms with Gasteiger partial charge in [0.1, 0.15) is 5.82 Å². The summed E-state index contributed by atoms with van der Waals surface area (Å²) in [5.74, 6) is 0.686. The molecule has 0 unspecified atom stereocenters. The Labute approximate surface area is 115 Å². The maximum atomic E-state index is 11.7. The first-order valence-electron chi connectivity index (χ1n) is 6.61. The van der Waals surface area contributed by atoms with Crippen LogP contribution in [0.5, 0.6) is 0 Å². The molecule has 2 N–H and O–H groups in total. The van der Waals surface area contributed by atoms with Gasteiger partial charge in [0.15, 0.2) is 0 Å². The van der Waals surface area contributed by atoms with Gasteiger partial charge in [-0.1, -0.05) is 20.8 Å². The molecule has 0 aliphatic carbocycles. The van der Waals surface area contributed by atoms with E-state index in [0.29, 0.717) is 6.54 Å². The van der Waals surface area contributed by atoms with E-state index in [1.54, 1.807) is 7.05 Å². The van der Waals surface area contributed by atoms with Crippen molar-refractivity contribution in [2.75, 3.05) is 18.9 Å². The van der Waals surface area contributed by atoms with Crippen LogP contribution in [-0.4, -0.2) is 29.3 Å². The van der Waals surface area contributed by atoms with Crippen LogP contribution >= 0.6 is 0 Å². The van der Waals surface area contributed by atoms with Crippen LogP contribution in [0, 0.1) is 0 Å². The zero-order chi connectivity index (χ0) is 14.8. The van der Waals surface area contributed by atoms with E-state index < -0.39 is 0 Å². The fourth-order valence-corrected chi connectivity index (χ4v) is 1.70. The van der Waals surface area contributed by atoms with Crippen LogP contribution in [0.2, 0.25) is 0 Å². The number of nitrogens with zero attached hydrogens (tertiary/aromatic N) is 2. The Morgan fingerprint density at radius 3 is 2.26 bits per heavy atom. The van der Waals surface area contributed by atoms with Crippen LogP contribution in [0.1, 0.15) is 47.2 Å². The number of aromatic nitrogens is 2. The highest BCUT2D eigenvalue weighted by Crippen LogP contribution is 2.28. The standard InChI is InChI=1S/C14H26N4O/c1-13(2,3)10-8-11(16-12(19)9-15-7)18(17-10)14(4,5)6/h8,15H,9H2,1-7H3,(H,16,19). The first-order valence-corrected chi connectivity index (χ1v) is 6.61. The molecule has 1 aromatic heterocycles. The van der Waals surface area contributed by atoms with E-state index in [0.717, 1.165) is 11.5 Å². The fraction of sp³-hybridized carbons (Fsp3) is 0.714. The molecule has 0 spiro atoms. The van der Waals surface area contributed by atoms with Gasteiger partial charge in [0, 0.05) is 11.5 Å². The molecule has 1 aromatic rings. The van der Waals surface area contributed by atoms with Crippen molar-refractivity contribution in [3.05, 3.63) is 11.8 Å². The summed E-state index contributed by atoms with van der Waals surface area (Å²) in [6.45, 7) is 12.8. The van der Waals surface area contributed by atoms with E-state index in [2.05, 4.69) is 57.3 Å². The molecule has 5 heteroatoms. The highest BCUT2D eigenvalue weighted by molar-refractivity contribution is 5.91. The molecule has 0 atom stereocenters. The average Bonchev–Trinajstić information content (AvgIpc) is 2.60. The van der Waals surface area contributed by atoms with Crippen molar-refractivity contribution in [3.8, 4) is 0 Å². The zero-order valence-electron chi connectivity index (χ0n) is 13.1. The van der Waals surface area contributed by atoms with E-state index in [4.69, 9.17) is 0 Å². The van der Waals surface area contributed by atoms with E-state index in [1.807, 2.05) is 10.7 Å². The highest BCUT2D eigenvalue weighted by Gasteiger charge is 2.25. The van der Waals surface area contributed by atoms with Gasteiger partial charge in [-0.15, -0.1) is 0 Å². The van der Waals surface area contributed by atoms with Crippen molar-refractivity contribution in [3.63, 3.8) is 0 Å². The zero-order valence-corrected chi connectivity index (χ0v) is 13.1. The Bertz CT molecular complexity index is 449. The second-order valence-corrected chi connectivity index (χ2v) is 6.83. The molecule has 1 rings (SSSR count). The Balaban J connectivity index is 3.14. The lowest BCUT2D eigenvalue weighted by Crippen LogP contribution is -2.30. The lowest BCUT2D eigenvalue weighted by Gasteiger charge is -2.23. The monoisotopic (exact) mass is 266 g/mol. The molecule has 5 nitrogen and oxygen atoms in total. The summed E-state index contributed by atoms with van der Waals surface area (Å²) in [6.07, 6.45) is 0. The van der Waals surface area contributed by atoms with Crippen LogP contribution in [0.3, 0.4) is 0 Å². The number of carbonyl (C=O) groups is 1. The highest BCUT2D eigenvalue weighted by atomic mass is 16.2. The molecule has 1 heterocycles. The third kappa shape index (κ3) is 4.06. The van der Waals surface area contributed by atoms with Gasteiger partial charge >= 0.3 is 0 Å². The molecule has 108 valence electrons. The molecule has 0 aromatic carbocycles. The summed E-state index contributed by atoms with van der Waals surface area (Å²) in [5, 5.41) is 10.4. The molecule has 1 amide bonds. The molecule has 0 saturated carbocycles. The molecule has 0 fully saturated rings. The number of hydrogen-bond acceptors (Lipinski definition) is 3. The van der Waals surface area contributed by atoms with Gasteiger partial charge in [0.05, 0.1) is 17.8 Å².